The highest BCUT2D eigenvalue weighted by Gasteiger charge is 2.61. The number of aliphatic hydroxyl groups excluding tert-OH is 16. The van der Waals surface area contributed by atoms with Gasteiger partial charge in [-0.25, -0.2) is 0 Å². The maximum Gasteiger partial charge on any atom is 0.304 e. The Hall–Kier alpha value is -2.72. The van der Waals surface area contributed by atoms with Gasteiger partial charge in [-0.2, -0.15) is 94.1 Å². The molecule has 30 aliphatic rings. The second-order valence-electron chi connectivity index (χ2n) is 30.7. The van der Waals surface area contributed by atoms with Crippen LogP contribution in [0.5, 0.6) is 0 Å². The molecule has 48 nitrogen and oxygen atoms in total. The van der Waals surface area contributed by atoms with Gasteiger partial charge in [-0.3, -0.25) is 38.4 Å². The van der Waals surface area contributed by atoms with E-state index < -0.39 is 345 Å². The number of hydrogen-bond donors (Lipinski definition) is 24. The highest BCUT2D eigenvalue weighted by atomic mass is 32.2. The van der Waals surface area contributed by atoms with Gasteiger partial charge in [0.05, 0.1) is 100 Å². The number of carboxylic acid groups (broad SMARTS) is 8. The van der Waals surface area contributed by atoms with E-state index in [9.17, 15) is 161 Å². The SMILES string of the molecule is O=C(O)CCSC[C@@H]1O[C@H]2O[C@@H]3[C@@H](O)[C@H](O)[C@H](O[C@@H]4[C@@H](O)[C@H](O)[C@H](O[C@@H]5[C@@H](O)[C@H](O)[C@H](O[C@@H]6[C@@H](O)[C@@H](O)[C@H](O[C@@H]7[C@@H](O)[C@H](O)[C@H](O[C@@H]8[C@@H](O)[C@H](O)[C@H](O[C@@H]9[C@@H](O)[C@H](O)[C@H](O[C@@H]1[C@@H](O)[C@@H]2O)O[C@H]9CSCCC(=O)O)O[C@H]8CSCCC(=O)O)O[C@H]7CSCCC(=O)O)O[C@H]6CSCCC(=O)O)O[C@H]5CSCCC(=O)O)O[C@H]4CSCCC(=O)O)O[C@H]3CSCCC(=O)O. The lowest BCUT2D eigenvalue weighted by molar-refractivity contribution is -0.396. The third-order valence-corrected chi connectivity index (χ3v) is 29.9. The van der Waals surface area contributed by atoms with Crippen molar-refractivity contribution >= 4 is 142 Å². The van der Waals surface area contributed by atoms with Crippen LogP contribution in [0.2, 0.25) is 0 Å². The first-order valence-corrected chi connectivity index (χ1v) is 49.7. The average Bonchev–Trinajstić information content (AvgIpc) is 0.766. The predicted octanol–water partition coefficient (Wildman–Crippen LogP) is -7.68. The van der Waals surface area contributed by atoms with Crippen molar-refractivity contribution < 1.29 is 237 Å². The van der Waals surface area contributed by atoms with Gasteiger partial charge in [0.2, 0.25) is 0 Å². The van der Waals surface area contributed by atoms with Gasteiger partial charge < -0.3 is 198 Å². The summed E-state index contributed by atoms with van der Waals surface area (Å²) in [5.74, 6) is -14.4. The van der Waals surface area contributed by atoms with Crippen LogP contribution < -0.4 is 0 Å². The number of aliphatic hydroxyl groups is 16. The minimum atomic E-state index is -2.33. The minimum absolute atomic E-state index is 0.159. The molecule has 30 rings (SSSR count). The van der Waals surface area contributed by atoms with Gasteiger partial charge >= 0.3 is 47.8 Å². The van der Waals surface area contributed by atoms with Crippen molar-refractivity contribution in [2.24, 2.45) is 0 Å². The first kappa shape index (κ1) is 109. The highest BCUT2D eigenvalue weighted by molar-refractivity contribution is 8.00. The molecule has 0 spiro atoms. The Balaban J connectivity index is 1.12. The summed E-state index contributed by atoms with van der Waals surface area (Å²) in [6.45, 7) is 0. The van der Waals surface area contributed by atoms with Crippen LogP contribution in [0, 0.1) is 0 Å². The molecule has 16 bridgehead atoms. The van der Waals surface area contributed by atoms with E-state index in [0.29, 0.717) is 0 Å². The first-order chi connectivity index (χ1) is 60.7. The maximum absolute atomic E-state index is 12.3. The predicted molar refractivity (Wildman–Crippen MR) is 441 cm³/mol. The number of rotatable bonds is 40. The van der Waals surface area contributed by atoms with E-state index in [0.717, 1.165) is 94.1 Å². The standard InChI is InChI=1S/C72H112O48S8/c73-33(74)1-9-121-17-25-57-41(89)49(97)65(105-25)114-58-26(18-122-10-2-34(75)76)107-67(51(99)43(58)91)116-60-28(20-124-12-4-36(79)80)109-69(53(101)45(60)93)118-62-30(22-126-14-6-38(83)84)111-71(55(103)47(62)95)120-64-32(24-128-16-8-40(87)88)112-72(56(104)48(64)96)119-63-31(23-127-15-7-39(85)86)110-70(54(102)46(63)94)117-61-29(21-125-13-5-37(81)82)108-68(52(100)44(61)92)115-59-27(19-123-11-3-35(77)78)106-66(113-57)50(98)42(59)90/h25-32,41-72,89-104H,1-24H2,(H,73,74)(H,75,76)(H,77,78)(H,79,80)(H,81,82)(H,83,84)(H,85,86)(H,87,88)/t25-,26-,27-,28-,29-,30-,31-,32-,41-,42-,43-,44-,45-,46-,47-,48-,49-,50-,51-,52-,53-,54-,55-,56+,57-,58-,59-,60-,61-,62-,63-,64-,65-,66-,67-,68-,69-,70-,71-,72-/m0/s1. The molecule has 30 heterocycles. The van der Waals surface area contributed by atoms with Gasteiger partial charge in [-0.05, 0) is 0 Å². The second kappa shape index (κ2) is 52.7. The molecule has 0 unspecified atom stereocenters. The van der Waals surface area contributed by atoms with Gasteiger partial charge in [0.25, 0.3) is 0 Å². The van der Waals surface area contributed by atoms with E-state index in [-0.39, 0.29) is 92.0 Å². The Labute approximate surface area is 763 Å². The molecule has 0 aromatic heterocycles. The molecule has 56 heteroatoms. The third-order valence-electron chi connectivity index (χ3n) is 21.4. The molecule has 0 radical (unpaired) electrons. The fourth-order valence-corrected chi connectivity index (χ4v) is 22.6. The minimum Gasteiger partial charge on any atom is -0.481 e. The molecule has 40 atom stereocenters. The van der Waals surface area contributed by atoms with Crippen LogP contribution in [0.15, 0.2) is 0 Å². The second-order valence-corrected chi connectivity index (χ2v) is 39.9. The molecule has 30 saturated heterocycles. The number of thioether (sulfide) groups is 8. The molecule has 30 aliphatic heterocycles. The van der Waals surface area contributed by atoms with Gasteiger partial charge in [0.1, 0.15) is 146 Å². The normalized spacial score (nSPS) is 41.5. The van der Waals surface area contributed by atoms with E-state index in [1.54, 1.807) is 0 Å². The van der Waals surface area contributed by atoms with Crippen molar-refractivity contribution in [3.05, 3.63) is 0 Å². The zero-order valence-corrected chi connectivity index (χ0v) is 74.4. The Morgan fingerprint density at radius 1 is 0.156 bits per heavy atom. The molecular weight excluding hydrogens is 1890 g/mol. The smallest absolute Gasteiger partial charge is 0.304 e. The van der Waals surface area contributed by atoms with Crippen molar-refractivity contribution in [1.82, 2.24) is 0 Å². The van der Waals surface area contributed by atoms with E-state index in [4.69, 9.17) is 75.8 Å². The molecule has 0 aromatic rings. The van der Waals surface area contributed by atoms with Crippen LogP contribution in [-0.2, 0) is 114 Å². The summed E-state index contributed by atoms with van der Waals surface area (Å²) in [6, 6.07) is 0. The molecule has 0 saturated carbocycles. The third kappa shape index (κ3) is 30.6. The Bertz CT molecular complexity index is 2830. The van der Waals surface area contributed by atoms with Crippen molar-refractivity contribution in [3.8, 4) is 0 Å². The first-order valence-electron chi connectivity index (χ1n) is 40.5. The number of aliphatic carboxylic acids is 8. The number of ether oxygens (including phenoxy) is 16. The Morgan fingerprint density at radius 2 is 0.250 bits per heavy atom. The van der Waals surface area contributed by atoms with Crippen molar-refractivity contribution in [3.63, 3.8) is 0 Å². The van der Waals surface area contributed by atoms with Crippen LogP contribution in [0.1, 0.15) is 51.4 Å². The summed E-state index contributed by atoms with van der Waals surface area (Å²) in [5, 5.41) is 272. The van der Waals surface area contributed by atoms with Crippen LogP contribution in [-0.4, -0.2) is 508 Å². The van der Waals surface area contributed by atoms with Crippen LogP contribution >= 0.6 is 94.1 Å². The highest BCUT2D eigenvalue weighted by Crippen LogP contribution is 2.43. The summed E-state index contributed by atoms with van der Waals surface area (Å²) in [4.78, 5) is 94.3. The lowest BCUT2D eigenvalue weighted by atomic mass is 9.95. The van der Waals surface area contributed by atoms with Crippen LogP contribution in [0.25, 0.3) is 0 Å². The molecule has 0 amide bonds. The van der Waals surface area contributed by atoms with Gasteiger partial charge in [-0.1, -0.05) is 0 Å². The molecule has 0 aromatic carbocycles. The fourth-order valence-electron chi connectivity index (χ4n) is 14.7. The van der Waals surface area contributed by atoms with Gasteiger partial charge in [0.15, 0.2) is 50.3 Å². The summed E-state index contributed by atoms with van der Waals surface area (Å²) in [5.41, 5.74) is 0. The summed E-state index contributed by atoms with van der Waals surface area (Å²) in [6.07, 6.45) is -85.9. The van der Waals surface area contributed by atoms with Crippen LogP contribution in [0.4, 0.5) is 0 Å². The lowest BCUT2D eigenvalue weighted by Gasteiger charge is -2.51. The summed E-state index contributed by atoms with van der Waals surface area (Å²) in [7, 11) is 0. The maximum atomic E-state index is 12.3. The molecule has 128 heavy (non-hydrogen) atoms. The topological polar surface area (TPSA) is 770 Å². The number of carboxylic acids is 8. The number of carbonyl (C=O) groups is 8. The molecule has 24 N–H and O–H groups in total. The number of hydrogen-bond acceptors (Lipinski definition) is 48. The van der Waals surface area contributed by atoms with Crippen molar-refractivity contribution in [2.75, 3.05) is 92.0 Å². The fraction of sp³-hybridized carbons (Fsp3) is 0.889. The van der Waals surface area contributed by atoms with Crippen molar-refractivity contribution in [1.29, 1.82) is 0 Å². The Kier molecular flexibility index (Phi) is 44.9. The Morgan fingerprint density at radius 3 is 0.336 bits per heavy atom. The average molecular weight is 2000 g/mol. The zero-order valence-electron chi connectivity index (χ0n) is 67.9. The van der Waals surface area contributed by atoms with E-state index >= 15 is 0 Å². The van der Waals surface area contributed by atoms with E-state index in [1.807, 2.05) is 0 Å². The zero-order chi connectivity index (χ0) is 93.7. The molecule has 736 valence electrons. The summed E-state index contributed by atoms with van der Waals surface area (Å²) < 4.78 is 100. The van der Waals surface area contributed by atoms with E-state index in [2.05, 4.69) is 0 Å². The van der Waals surface area contributed by atoms with Crippen LogP contribution in [0.3, 0.4) is 0 Å². The largest absolute Gasteiger partial charge is 0.481 e. The quantitative estimate of drug-likeness (QED) is 0.0253. The molecule has 0 aliphatic carbocycles. The monoisotopic (exact) mass is 2000 g/mol. The van der Waals surface area contributed by atoms with E-state index in [1.165, 1.54) is 0 Å². The lowest BCUT2D eigenvalue weighted by Crippen LogP contribution is -2.69. The van der Waals surface area contributed by atoms with Gasteiger partial charge in [0, 0.05) is 92.0 Å². The molecular formula is C72H112O48S8. The summed E-state index contributed by atoms with van der Waals surface area (Å²) >= 11 is 7.04. The van der Waals surface area contributed by atoms with Crippen molar-refractivity contribution in [2.45, 2.75) is 297 Å². The molecule has 30 fully saturated rings. The van der Waals surface area contributed by atoms with Gasteiger partial charge in [-0.15, -0.1) is 0 Å².